The maximum Gasteiger partial charge on any atom is 0.406 e. The maximum absolute atomic E-state index is 13.8. The van der Waals surface area contributed by atoms with Crippen molar-refractivity contribution in [2.24, 2.45) is 7.05 Å². The molecule has 2 fully saturated rings. The Labute approximate surface area is 491 Å². The number of fused-ring (bicyclic) bond motifs is 2. The van der Waals surface area contributed by atoms with Crippen LogP contribution >= 0.6 is 0 Å². The Morgan fingerprint density at radius 3 is 2.31 bits per heavy atom. The Kier molecular flexibility index (Phi) is 20.8. The number of rotatable bonds is 26. The van der Waals surface area contributed by atoms with Gasteiger partial charge >= 0.3 is 6.18 Å². The first-order valence-electron chi connectivity index (χ1n) is 28.6. The number of anilines is 2. The summed E-state index contributed by atoms with van der Waals surface area (Å²) in [5.41, 5.74) is 4.39. The van der Waals surface area contributed by atoms with Gasteiger partial charge in [0.15, 0.2) is 5.52 Å². The summed E-state index contributed by atoms with van der Waals surface area (Å²) >= 11 is 0. The molecule has 2 aliphatic rings. The first kappa shape index (κ1) is 61.5. The zero-order valence-corrected chi connectivity index (χ0v) is 48.5. The summed E-state index contributed by atoms with van der Waals surface area (Å²) in [6, 6.07) is 24.6. The summed E-state index contributed by atoms with van der Waals surface area (Å²) < 4.78 is 73.6. The first-order chi connectivity index (χ1) is 41.0. The molecule has 0 saturated carbocycles. The number of hydrogen-bond acceptors (Lipinski definition) is 15. The number of carbonyl (C=O) groups is 2. The van der Waals surface area contributed by atoms with E-state index in [-0.39, 0.29) is 86.6 Å². The van der Waals surface area contributed by atoms with Gasteiger partial charge in [-0.3, -0.25) is 28.6 Å². The number of aromatic nitrogens is 6. The van der Waals surface area contributed by atoms with Crippen LogP contribution in [-0.4, -0.2) is 167 Å². The molecule has 0 aliphatic carbocycles. The average Bonchev–Trinajstić information content (AvgIpc) is 2.31. The van der Waals surface area contributed by atoms with E-state index >= 15 is 0 Å². The van der Waals surface area contributed by atoms with Gasteiger partial charge in [-0.2, -0.15) is 18.3 Å². The van der Waals surface area contributed by atoms with Crippen molar-refractivity contribution < 1.29 is 51.6 Å². The molecule has 0 radical (unpaired) electrons. The quantitative estimate of drug-likeness (QED) is 0.0318. The lowest BCUT2D eigenvalue weighted by Gasteiger charge is -2.38. The van der Waals surface area contributed by atoms with Gasteiger partial charge in [-0.25, -0.2) is 4.98 Å². The molecule has 85 heavy (non-hydrogen) atoms. The number of amides is 2. The number of hydrogen-bond donors (Lipinski definition) is 4. The molecule has 7 aromatic rings. The third-order valence-electron chi connectivity index (χ3n) is 15.4. The molecule has 2 amide bonds. The molecule has 3 aromatic carbocycles. The molecule has 0 bridgehead atoms. The van der Waals surface area contributed by atoms with Crippen molar-refractivity contribution in [3.05, 3.63) is 125 Å². The van der Waals surface area contributed by atoms with Crippen molar-refractivity contribution in [1.82, 2.24) is 44.0 Å². The van der Waals surface area contributed by atoms with Crippen LogP contribution in [0, 0.1) is 11.8 Å². The summed E-state index contributed by atoms with van der Waals surface area (Å²) in [6.45, 7) is 5.50. The molecule has 6 heterocycles. The zero-order chi connectivity index (χ0) is 59.9. The fraction of sp³-hybridized carbons (Fsp3) is 0.452. The number of aryl methyl sites for hydroxylation is 1. The Balaban J connectivity index is 0.633. The van der Waals surface area contributed by atoms with Gasteiger partial charge in [0.25, 0.3) is 5.56 Å². The highest BCUT2D eigenvalue weighted by Gasteiger charge is 2.36. The van der Waals surface area contributed by atoms with E-state index in [1.807, 2.05) is 61.5 Å². The molecule has 0 unspecified atom stereocenters. The molecule has 1 atom stereocenters. The molecular weight excluding hydrogens is 1100 g/mol. The largest absolute Gasteiger partial charge is 0.494 e. The second-order valence-electron chi connectivity index (χ2n) is 21.7. The topological polar surface area (TPSA) is 214 Å². The van der Waals surface area contributed by atoms with Crippen LogP contribution in [0.4, 0.5) is 24.5 Å². The van der Waals surface area contributed by atoms with Crippen LogP contribution in [0.15, 0.2) is 102 Å². The minimum atomic E-state index is -4.46. The first-order valence-corrected chi connectivity index (χ1v) is 28.6. The molecule has 2 saturated heterocycles. The molecule has 4 aromatic heterocycles. The summed E-state index contributed by atoms with van der Waals surface area (Å²) in [6.07, 6.45) is 3.01. The van der Waals surface area contributed by atoms with Crippen molar-refractivity contribution >= 4 is 45.1 Å². The van der Waals surface area contributed by atoms with Gasteiger partial charge in [0.1, 0.15) is 36.8 Å². The van der Waals surface area contributed by atoms with E-state index in [1.165, 1.54) is 28.8 Å². The summed E-state index contributed by atoms with van der Waals surface area (Å²) in [5, 5.41) is 26.2. The number of piperidine rings is 2. The summed E-state index contributed by atoms with van der Waals surface area (Å²) in [5.74, 6) is 6.80. The monoisotopic (exact) mass is 1170 g/mol. The molecule has 452 valence electrons. The molecule has 23 heteroatoms. The molecule has 2 aliphatic heterocycles. The van der Waals surface area contributed by atoms with Crippen molar-refractivity contribution in [3.63, 3.8) is 0 Å². The fourth-order valence-electron chi connectivity index (χ4n) is 10.6. The lowest BCUT2D eigenvalue weighted by atomic mass is 9.90. The minimum Gasteiger partial charge on any atom is -0.494 e. The van der Waals surface area contributed by atoms with Gasteiger partial charge in [0.2, 0.25) is 11.8 Å². The van der Waals surface area contributed by atoms with Gasteiger partial charge in [-0.15, -0.1) is 0 Å². The van der Waals surface area contributed by atoms with Crippen molar-refractivity contribution in [3.8, 4) is 34.6 Å². The number of alkyl halides is 3. The number of halogens is 3. The third kappa shape index (κ3) is 16.7. The molecule has 4 N–H and O–H groups in total. The normalized spacial score (nSPS) is 15.1. The van der Waals surface area contributed by atoms with E-state index in [1.54, 1.807) is 47.1 Å². The predicted octanol–water partition coefficient (Wildman–Crippen LogP) is 6.98. The molecule has 9 rings (SSSR count). The van der Waals surface area contributed by atoms with Crippen molar-refractivity contribution in [1.29, 1.82) is 0 Å². The van der Waals surface area contributed by atoms with Crippen LogP contribution < -0.4 is 31.0 Å². The van der Waals surface area contributed by atoms with Crippen LogP contribution in [0.2, 0.25) is 0 Å². The highest BCUT2D eigenvalue weighted by atomic mass is 19.4. The maximum atomic E-state index is 13.8. The fourth-order valence-corrected chi connectivity index (χ4v) is 10.6. The lowest BCUT2D eigenvalue weighted by molar-refractivity contribution is -0.140. The highest BCUT2D eigenvalue weighted by Crippen LogP contribution is 2.33. The van der Waals surface area contributed by atoms with Gasteiger partial charge in [0, 0.05) is 56.2 Å². The number of nitrogens with zero attached hydrogens (tertiary/aromatic N) is 8. The van der Waals surface area contributed by atoms with Gasteiger partial charge < -0.3 is 59.1 Å². The zero-order valence-electron chi connectivity index (χ0n) is 48.5. The van der Waals surface area contributed by atoms with Crippen molar-refractivity contribution in [2.45, 2.75) is 82.4 Å². The second kappa shape index (κ2) is 28.7. The standard InChI is InChI=1S/C62H74F3N11O9/c1-43(45-9-6-5-7-10-45)33-56(78)74-25-20-61(80,21-26-74)40-75-42-69-57-58(60(75)79)71-73(3)59(57)46-14-12-44(13-15-46)36-68-55(77)39-84-30-29-82-27-28-83-31-32-85-49-16-17-51(54(35-49)81-4)67-22-8-11-48-34-50-52(70-47-18-23-72(2)24-19-47)37-66-38-53(50)76(48)41-62(63,64)65/h5-7,9-10,12-17,34-35,37-38,42-43,47,67,70,80H,18-33,36,39-41H2,1-4H3,(H,68,77)/t43-/m1/s1. The number of carbonyl (C=O) groups excluding carboxylic acids is 2. The smallest absolute Gasteiger partial charge is 0.406 e. The Bertz CT molecular complexity index is 3490. The Morgan fingerprint density at radius 2 is 1.59 bits per heavy atom. The Morgan fingerprint density at radius 1 is 0.871 bits per heavy atom. The number of methoxy groups -OCH3 is 1. The van der Waals surface area contributed by atoms with Crippen molar-refractivity contribution in [2.75, 3.05) is 104 Å². The third-order valence-corrected chi connectivity index (χ3v) is 15.4. The van der Waals surface area contributed by atoms with E-state index < -0.39 is 18.3 Å². The number of ether oxygens (including phenoxy) is 5. The average molecular weight is 1170 g/mol. The van der Waals surface area contributed by atoms with E-state index in [0.29, 0.717) is 97.2 Å². The number of aliphatic hydroxyl groups is 1. The summed E-state index contributed by atoms with van der Waals surface area (Å²) in [4.78, 5) is 52.3. The SMILES string of the molecule is COc1cc(OCCOCCOCCOCC(=O)NCc2ccc(-c3c4ncn(CC5(O)CCN(C(=O)C[C@@H](C)c6ccccc6)CC5)c(=O)c4nn3C)cc2)ccc1NCC#Cc1cc2c(NC3CCN(C)CC3)cncc2n1CC(F)(F)F. The second-order valence-corrected chi connectivity index (χ2v) is 21.7. The van der Waals surface area contributed by atoms with E-state index in [9.17, 15) is 32.7 Å². The highest BCUT2D eigenvalue weighted by molar-refractivity contribution is 5.93. The van der Waals surface area contributed by atoms with Crippen LogP contribution in [0.25, 0.3) is 33.2 Å². The van der Waals surface area contributed by atoms with Gasteiger partial charge in [0.05, 0.1) is 106 Å². The number of benzene rings is 3. The van der Waals surface area contributed by atoms with E-state index in [4.69, 9.17) is 23.7 Å². The predicted molar refractivity (Wildman–Crippen MR) is 317 cm³/mol. The van der Waals surface area contributed by atoms with E-state index in [2.05, 4.69) is 54.8 Å². The molecule has 20 nitrogen and oxygen atoms in total. The lowest BCUT2D eigenvalue weighted by Crippen LogP contribution is -2.49. The number of pyridine rings is 1. The van der Waals surface area contributed by atoms with Crippen LogP contribution in [0.5, 0.6) is 11.5 Å². The van der Waals surface area contributed by atoms with E-state index in [0.717, 1.165) is 42.6 Å². The minimum absolute atomic E-state index is 0.0360. The van der Waals surface area contributed by atoms with Gasteiger partial charge in [-0.05, 0) is 87.0 Å². The summed E-state index contributed by atoms with van der Waals surface area (Å²) in [7, 11) is 5.34. The Hall–Kier alpha value is -8.01. The number of likely N-dealkylation sites (tertiary alicyclic amines) is 2. The van der Waals surface area contributed by atoms with Crippen LogP contribution in [0.1, 0.15) is 61.8 Å². The van der Waals surface area contributed by atoms with Crippen LogP contribution in [-0.2, 0) is 50.5 Å². The van der Waals surface area contributed by atoms with Gasteiger partial charge in [-0.1, -0.05) is 67.4 Å². The molecule has 0 spiro atoms. The molecular formula is C62H74F3N11O9. The number of nitrogens with one attached hydrogen (secondary N) is 3. The van der Waals surface area contributed by atoms with Crippen LogP contribution in [0.3, 0.4) is 0 Å².